The van der Waals surface area contributed by atoms with Crippen LogP contribution in [0.3, 0.4) is 0 Å². The number of allylic oxidation sites excluding steroid dienone is 1. The fourth-order valence-corrected chi connectivity index (χ4v) is 6.47. The van der Waals surface area contributed by atoms with Gasteiger partial charge >= 0.3 is 13.6 Å². The molecule has 190 valence electrons. The third kappa shape index (κ3) is 8.32. The van der Waals surface area contributed by atoms with Crippen LogP contribution in [-0.2, 0) is 14.6 Å². The third-order valence-electron chi connectivity index (χ3n) is 5.23. The fraction of sp³-hybridized carbons (Fsp3) is 0.737. The lowest BCUT2D eigenvalue weighted by molar-refractivity contribution is -0.398. The molecule has 1 heterocycles. The van der Waals surface area contributed by atoms with Crippen molar-refractivity contribution < 1.29 is 14.0 Å². The summed E-state index contributed by atoms with van der Waals surface area (Å²) in [4.78, 5) is 14.7. The Bertz CT molecular complexity index is 870. The van der Waals surface area contributed by atoms with Crippen molar-refractivity contribution in [3.8, 4) is 0 Å². The number of rotatable bonds is 15. The zero-order valence-corrected chi connectivity index (χ0v) is 24.0. The number of hydrogen-bond donors (Lipinski definition) is 3. The molecule has 1 rings (SSSR count). The van der Waals surface area contributed by atoms with E-state index < -0.39 is 23.5 Å². The maximum atomic E-state index is 13.0. The summed E-state index contributed by atoms with van der Waals surface area (Å²) in [6.45, 7) is 11.1. The second kappa shape index (κ2) is 12.6. The van der Waals surface area contributed by atoms with Crippen molar-refractivity contribution in [1.82, 2.24) is 19.5 Å². The minimum atomic E-state index is -3.55. The molecular formula is C19H36Br2N7O4P. The van der Waals surface area contributed by atoms with Gasteiger partial charge in [0.25, 0.3) is 0 Å². The van der Waals surface area contributed by atoms with Crippen LogP contribution in [0, 0.1) is 15.5 Å². The average molecular weight is 617 g/mol. The van der Waals surface area contributed by atoms with E-state index in [2.05, 4.69) is 42.2 Å². The first-order valence-corrected chi connectivity index (χ1v) is 14.4. The summed E-state index contributed by atoms with van der Waals surface area (Å²) < 4.78 is 21.9. The summed E-state index contributed by atoms with van der Waals surface area (Å²) in [6, 6.07) is 0. The van der Waals surface area contributed by atoms with Crippen molar-refractivity contribution >= 4 is 45.5 Å². The Kier molecular flexibility index (Phi) is 11.5. The Morgan fingerprint density at radius 2 is 1.91 bits per heavy atom. The molecule has 0 amide bonds. The first kappa shape index (κ1) is 30.1. The molecule has 0 aromatic carbocycles. The molecule has 5 N–H and O–H groups in total. The van der Waals surface area contributed by atoms with Crippen LogP contribution in [0.2, 0.25) is 0 Å². The maximum absolute atomic E-state index is 13.0. The number of nitrogens with zero attached hydrogens (tertiary/aromatic N) is 4. The average Bonchev–Trinajstić information content (AvgIpc) is 3.21. The highest BCUT2D eigenvalue weighted by Gasteiger charge is 2.38. The lowest BCUT2D eigenvalue weighted by Crippen LogP contribution is -2.38. The first-order valence-electron chi connectivity index (χ1n) is 10.5. The number of halogens is 2. The van der Waals surface area contributed by atoms with Crippen LogP contribution in [0.5, 0.6) is 0 Å². The molecule has 11 nitrogen and oxygen atoms in total. The van der Waals surface area contributed by atoms with Crippen LogP contribution < -0.4 is 16.6 Å². The first-order chi connectivity index (χ1) is 15.2. The maximum Gasteiger partial charge on any atom is 0.434 e. The summed E-state index contributed by atoms with van der Waals surface area (Å²) in [7, 11) is -3.55. The molecule has 0 fully saturated rings. The van der Waals surface area contributed by atoms with E-state index in [1.54, 1.807) is 10.9 Å². The van der Waals surface area contributed by atoms with Gasteiger partial charge in [0, 0.05) is 41.4 Å². The lowest BCUT2D eigenvalue weighted by Gasteiger charge is -2.36. The minimum Gasteiger partial charge on any atom is -0.400 e. The third-order valence-corrected chi connectivity index (χ3v) is 7.63. The van der Waals surface area contributed by atoms with E-state index in [9.17, 15) is 14.7 Å². The van der Waals surface area contributed by atoms with Gasteiger partial charge < -0.3 is 21.2 Å². The van der Waals surface area contributed by atoms with Crippen LogP contribution in [0.15, 0.2) is 23.8 Å². The number of hydrogen-bond acceptors (Lipinski definition) is 7. The Morgan fingerprint density at radius 3 is 2.39 bits per heavy atom. The molecule has 1 atom stereocenters. The van der Waals surface area contributed by atoms with E-state index in [0.29, 0.717) is 48.1 Å². The van der Waals surface area contributed by atoms with Gasteiger partial charge in [0.15, 0.2) is 0 Å². The van der Waals surface area contributed by atoms with E-state index >= 15 is 0 Å². The van der Waals surface area contributed by atoms with Crippen molar-refractivity contribution in [1.29, 1.82) is 0 Å². The summed E-state index contributed by atoms with van der Waals surface area (Å²) in [5.41, 5.74) is 12.5. The summed E-state index contributed by atoms with van der Waals surface area (Å²) in [5, 5.41) is 15.8. The van der Waals surface area contributed by atoms with E-state index in [1.165, 1.54) is 10.8 Å². The Hall–Kier alpha value is -0.980. The molecule has 0 aliphatic heterocycles. The summed E-state index contributed by atoms with van der Waals surface area (Å²) >= 11 is 6.69. The highest BCUT2D eigenvalue weighted by atomic mass is 79.9. The van der Waals surface area contributed by atoms with Gasteiger partial charge in [0.1, 0.15) is 12.4 Å². The van der Waals surface area contributed by atoms with Crippen LogP contribution >= 0.6 is 39.5 Å². The molecule has 1 unspecified atom stereocenters. The molecular weight excluding hydrogens is 581 g/mol. The quantitative estimate of drug-likeness (QED) is 0.115. The number of nitro groups is 1. The lowest BCUT2D eigenvalue weighted by atomic mass is 9.77. The molecule has 0 bridgehead atoms. The van der Waals surface area contributed by atoms with Crippen LogP contribution in [0.1, 0.15) is 41.0 Å². The normalized spacial score (nSPS) is 15.3. The van der Waals surface area contributed by atoms with E-state index in [-0.39, 0.29) is 12.6 Å². The Balaban J connectivity index is 3.17. The summed E-state index contributed by atoms with van der Waals surface area (Å²) in [6.07, 6.45) is 3.47. The van der Waals surface area contributed by atoms with Crippen LogP contribution in [0.25, 0.3) is 0 Å². The molecule has 1 aromatic heterocycles. The second-order valence-electron chi connectivity index (χ2n) is 8.82. The van der Waals surface area contributed by atoms with Gasteiger partial charge in [-0.3, -0.25) is 9.09 Å². The smallest absolute Gasteiger partial charge is 0.400 e. The van der Waals surface area contributed by atoms with Gasteiger partial charge in [-0.15, -0.1) is 0 Å². The monoisotopic (exact) mass is 615 g/mol. The van der Waals surface area contributed by atoms with Gasteiger partial charge in [-0.2, -0.15) is 0 Å². The zero-order valence-electron chi connectivity index (χ0n) is 19.9. The fourth-order valence-electron chi connectivity index (χ4n) is 3.84. The molecule has 14 heteroatoms. The molecule has 0 aliphatic carbocycles. The van der Waals surface area contributed by atoms with Crippen molar-refractivity contribution in [3.05, 3.63) is 33.9 Å². The number of alkyl halides is 2. The predicted molar refractivity (Wildman–Crippen MR) is 138 cm³/mol. The van der Waals surface area contributed by atoms with Crippen molar-refractivity contribution in [2.24, 2.45) is 16.7 Å². The van der Waals surface area contributed by atoms with Gasteiger partial charge in [0.2, 0.25) is 0 Å². The topological polar surface area (TPSA) is 155 Å². The highest BCUT2D eigenvalue weighted by Crippen LogP contribution is 2.44. The standard InChI is InChI=1S/C19H36Br2N7O4P/c1-6-24-15(13-32-33(23,31)26(10-7-20)11-8-21)16(22)18(2,3)14-19(4,5)27-12-9-25-17(27)28(29)30/h9,12,24H,6-8,10-11,13-14,22H2,1-5H3,(H2,23,31)/b16-15-. The van der Waals surface area contributed by atoms with Crippen LogP contribution in [-0.4, -0.2) is 56.0 Å². The number of imidazole rings is 1. The second-order valence-corrected chi connectivity index (χ2v) is 12.4. The van der Waals surface area contributed by atoms with Gasteiger partial charge in [-0.05, 0) is 32.1 Å². The van der Waals surface area contributed by atoms with Gasteiger partial charge in [-0.1, -0.05) is 50.7 Å². The molecule has 1 aromatic rings. The van der Waals surface area contributed by atoms with Crippen molar-refractivity contribution in [2.75, 3.05) is 36.9 Å². The largest absolute Gasteiger partial charge is 0.434 e. The molecule has 33 heavy (non-hydrogen) atoms. The summed E-state index contributed by atoms with van der Waals surface area (Å²) in [5.74, 6) is -0.226. The van der Waals surface area contributed by atoms with Crippen molar-refractivity contribution in [3.63, 3.8) is 0 Å². The molecule has 0 saturated carbocycles. The van der Waals surface area contributed by atoms with Gasteiger partial charge in [0.05, 0.1) is 17.8 Å². The Morgan fingerprint density at radius 1 is 1.33 bits per heavy atom. The van der Waals surface area contributed by atoms with Crippen molar-refractivity contribution in [2.45, 2.75) is 46.6 Å². The van der Waals surface area contributed by atoms with E-state index in [1.807, 2.05) is 34.6 Å². The predicted octanol–water partition coefficient (Wildman–Crippen LogP) is 3.90. The minimum absolute atomic E-state index is 0.0520. The molecule has 0 spiro atoms. The number of nitrogens with two attached hydrogens (primary N) is 2. The highest BCUT2D eigenvalue weighted by molar-refractivity contribution is 9.09. The van der Waals surface area contributed by atoms with E-state index in [4.69, 9.17) is 15.8 Å². The SMILES string of the molecule is CCN/C(COP(N)(=O)N(CCBr)CCBr)=C(\N)C(C)(C)CC(C)(C)n1ccnc1[N+](=O)[O-]. The number of nitrogens with one attached hydrogen (secondary N) is 1. The number of aromatic nitrogens is 2. The van der Waals surface area contributed by atoms with E-state index in [0.717, 1.165) is 0 Å². The molecule has 0 radical (unpaired) electrons. The van der Waals surface area contributed by atoms with Gasteiger partial charge in [-0.25, -0.2) is 14.7 Å². The van der Waals surface area contributed by atoms with Crippen LogP contribution in [0.4, 0.5) is 5.95 Å². The Labute approximate surface area is 212 Å². The zero-order chi connectivity index (χ0) is 25.4. The number of likely N-dealkylation sites (N-methyl/N-ethyl adjacent to an activating group) is 1. The molecule has 0 saturated heterocycles. The molecule has 0 aliphatic rings.